The van der Waals surface area contributed by atoms with Gasteiger partial charge in [0.05, 0.1) is 6.61 Å². The van der Waals surface area contributed by atoms with Gasteiger partial charge in [0.1, 0.15) is 5.52 Å². The maximum atomic E-state index is 11.9. The lowest BCUT2D eigenvalue weighted by molar-refractivity contribution is 0.0928. The number of aryl methyl sites for hydroxylation is 1. The maximum absolute atomic E-state index is 11.9. The van der Waals surface area contributed by atoms with Crippen LogP contribution in [0.25, 0.3) is 11.1 Å². The SMILES string of the molecule is COCCNCCNC(=O)c1cc2nc(C)ccc2o1.Cl.Cl. The van der Waals surface area contributed by atoms with Crippen molar-refractivity contribution in [2.45, 2.75) is 6.92 Å². The molecule has 0 saturated heterocycles. The first-order chi connectivity index (χ1) is 9.70. The van der Waals surface area contributed by atoms with Gasteiger partial charge in [-0.1, -0.05) is 0 Å². The first kappa shape index (κ1) is 20.7. The van der Waals surface area contributed by atoms with Gasteiger partial charge in [0, 0.05) is 38.5 Å². The number of amides is 1. The molecule has 2 aromatic rings. The lowest BCUT2D eigenvalue weighted by Crippen LogP contribution is -2.32. The molecular weight excluding hydrogens is 329 g/mol. The molecule has 0 radical (unpaired) electrons. The van der Waals surface area contributed by atoms with Crippen LogP contribution < -0.4 is 10.6 Å². The van der Waals surface area contributed by atoms with E-state index >= 15 is 0 Å². The number of hydrogen-bond acceptors (Lipinski definition) is 5. The van der Waals surface area contributed by atoms with Crippen LogP contribution in [0, 0.1) is 6.92 Å². The second kappa shape index (κ2) is 10.4. The average molecular weight is 350 g/mol. The summed E-state index contributed by atoms with van der Waals surface area (Å²) in [6, 6.07) is 5.34. The number of aromatic nitrogens is 1. The van der Waals surface area contributed by atoms with Crippen molar-refractivity contribution in [3.05, 3.63) is 29.7 Å². The summed E-state index contributed by atoms with van der Waals surface area (Å²) in [5.74, 6) is 0.0594. The molecule has 6 nitrogen and oxygen atoms in total. The fourth-order valence-corrected chi connectivity index (χ4v) is 1.79. The number of furan rings is 1. The van der Waals surface area contributed by atoms with Crippen LogP contribution in [0.2, 0.25) is 0 Å². The fourth-order valence-electron chi connectivity index (χ4n) is 1.79. The maximum Gasteiger partial charge on any atom is 0.287 e. The van der Waals surface area contributed by atoms with Crippen molar-refractivity contribution in [1.82, 2.24) is 15.6 Å². The lowest BCUT2D eigenvalue weighted by Gasteiger charge is -2.04. The Morgan fingerprint density at radius 1 is 1.27 bits per heavy atom. The molecule has 2 aromatic heterocycles. The molecule has 0 aromatic carbocycles. The van der Waals surface area contributed by atoms with Gasteiger partial charge in [0.15, 0.2) is 11.3 Å². The van der Waals surface area contributed by atoms with Crippen LogP contribution in [0.15, 0.2) is 22.6 Å². The van der Waals surface area contributed by atoms with E-state index in [1.165, 1.54) is 0 Å². The van der Waals surface area contributed by atoms with E-state index in [1.54, 1.807) is 13.2 Å². The zero-order chi connectivity index (χ0) is 14.4. The van der Waals surface area contributed by atoms with Crippen molar-refractivity contribution in [3.63, 3.8) is 0 Å². The van der Waals surface area contributed by atoms with E-state index in [1.807, 2.05) is 19.1 Å². The van der Waals surface area contributed by atoms with E-state index in [9.17, 15) is 4.79 Å². The predicted octanol–water partition coefficient (Wildman–Crippen LogP) is 1.95. The predicted molar refractivity (Wildman–Crippen MR) is 90.3 cm³/mol. The molecule has 2 heterocycles. The summed E-state index contributed by atoms with van der Waals surface area (Å²) in [4.78, 5) is 16.2. The quantitative estimate of drug-likeness (QED) is 0.747. The molecule has 2 N–H and O–H groups in total. The molecule has 0 spiro atoms. The zero-order valence-corrected chi connectivity index (χ0v) is 14.2. The number of carbonyl (C=O) groups excluding carboxylic acids is 1. The van der Waals surface area contributed by atoms with Crippen molar-refractivity contribution in [2.24, 2.45) is 0 Å². The number of carbonyl (C=O) groups is 1. The number of hydrogen-bond donors (Lipinski definition) is 2. The number of nitrogens with zero attached hydrogens (tertiary/aromatic N) is 1. The van der Waals surface area contributed by atoms with Crippen LogP contribution in [-0.4, -0.2) is 44.2 Å². The van der Waals surface area contributed by atoms with Crippen molar-refractivity contribution in [1.29, 1.82) is 0 Å². The first-order valence-corrected chi connectivity index (χ1v) is 6.56. The minimum Gasteiger partial charge on any atom is -0.449 e. The van der Waals surface area contributed by atoms with Crippen molar-refractivity contribution < 1.29 is 13.9 Å². The van der Waals surface area contributed by atoms with Gasteiger partial charge in [-0.15, -0.1) is 24.8 Å². The molecule has 2 rings (SSSR count). The van der Waals surface area contributed by atoms with Crippen molar-refractivity contribution in [3.8, 4) is 0 Å². The molecule has 8 heteroatoms. The van der Waals surface area contributed by atoms with Crippen molar-refractivity contribution >= 4 is 41.8 Å². The highest BCUT2D eigenvalue weighted by atomic mass is 35.5. The van der Waals surface area contributed by atoms with E-state index < -0.39 is 0 Å². The molecular formula is C14H21Cl2N3O3. The Balaban J connectivity index is 0.00000220. The molecule has 0 fully saturated rings. The summed E-state index contributed by atoms with van der Waals surface area (Å²) in [5.41, 5.74) is 2.22. The number of ether oxygens (including phenoxy) is 1. The Morgan fingerprint density at radius 2 is 2.05 bits per heavy atom. The molecule has 0 atom stereocenters. The average Bonchev–Trinajstić information content (AvgIpc) is 2.85. The standard InChI is InChI=1S/C14H19N3O3.2ClH/c1-10-3-4-12-11(17-10)9-13(20-12)14(18)16-6-5-15-7-8-19-2;;/h3-4,9,15H,5-8H2,1-2H3,(H,16,18);2*1H. The number of fused-ring (bicyclic) bond motifs is 1. The Hall–Kier alpha value is -1.34. The number of methoxy groups -OCH3 is 1. The fraction of sp³-hybridized carbons (Fsp3) is 0.429. The summed E-state index contributed by atoms with van der Waals surface area (Å²) in [5, 5.41) is 5.93. The second-order valence-electron chi connectivity index (χ2n) is 4.45. The van der Waals surface area contributed by atoms with Crippen LogP contribution in [0.3, 0.4) is 0 Å². The Kier molecular flexibility index (Phi) is 9.76. The summed E-state index contributed by atoms with van der Waals surface area (Å²) >= 11 is 0. The molecule has 0 aliphatic heterocycles. The monoisotopic (exact) mass is 349 g/mol. The third kappa shape index (κ3) is 5.81. The number of halogens is 2. The number of pyridine rings is 1. The molecule has 0 unspecified atom stereocenters. The zero-order valence-electron chi connectivity index (χ0n) is 12.5. The van der Waals surface area contributed by atoms with Gasteiger partial charge in [-0.05, 0) is 19.1 Å². The van der Waals surface area contributed by atoms with Gasteiger partial charge in [0.2, 0.25) is 0 Å². The third-order valence-electron chi connectivity index (χ3n) is 2.81. The molecule has 124 valence electrons. The van der Waals surface area contributed by atoms with Gasteiger partial charge in [-0.2, -0.15) is 0 Å². The van der Waals surface area contributed by atoms with Crippen LogP contribution in [0.4, 0.5) is 0 Å². The van der Waals surface area contributed by atoms with E-state index in [0.29, 0.717) is 30.8 Å². The van der Waals surface area contributed by atoms with E-state index in [0.717, 1.165) is 12.2 Å². The summed E-state index contributed by atoms with van der Waals surface area (Å²) in [6.07, 6.45) is 0. The van der Waals surface area contributed by atoms with Gasteiger partial charge < -0.3 is 19.8 Å². The third-order valence-corrected chi connectivity index (χ3v) is 2.81. The van der Waals surface area contributed by atoms with Crippen LogP contribution in [-0.2, 0) is 4.74 Å². The lowest BCUT2D eigenvalue weighted by atomic mass is 10.3. The highest BCUT2D eigenvalue weighted by Gasteiger charge is 2.12. The van der Waals surface area contributed by atoms with Gasteiger partial charge >= 0.3 is 0 Å². The number of rotatable bonds is 7. The van der Waals surface area contributed by atoms with Crippen LogP contribution in [0.1, 0.15) is 16.2 Å². The van der Waals surface area contributed by atoms with Crippen LogP contribution in [0.5, 0.6) is 0 Å². The minimum absolute atomic E-state index is 0. The van der Waals surface area contributed by atoms with E-state index in [4.69, 9.17) is 9.15 Å². The summed E-state index contributed by atoms with van der Waals surface area (Å²) < 4.78 is 10.4. The first-order valence-electron chi connectivity index (χ1n) is 6.56. The van der Waals surface area contributed by atoms with E-state index in [-0.39, 0.29) is 36.5 Å². The molecule has 0 saturated carbocycles. The Morgan fingerprint density at radius 3 is 2.77 bits per heavy atom. The Bertz CT molecular complexity index is 590. The summed E-state index contributed by atoms with van der Waals surface area (Å²) in [6.45, 7) is 4.54. The normalized spacial score (nSPS) is 9.91. The smallest absolute Gasteiger partial charge is 0.287 e. The highest BCUT2D eigenvalue weighted by Crippen LogP contribution is 2.17. The topological polar surface area (TPSA) is 76.4 Å². The Labute approximate surface area is 141 Å². The van der Waals surface area contributed by atoms with Crippen molar-refractivity contribution in [2.75, 3.05) is 33.4 Å². The van der Waals surface area contributed by atoms with Crippen LogP contribution >= 0.6 is 24.8 Å². The molecule has 0 aliphatic carbocycles. The largest absolute Gasteiger partial charge is 0.449 e. The van der Waals surface area contributed by atoms with Gasteiger partial charge in [-0.25, -0.2) is 4.98 Å². The van der Waals surface area contributed by atoms with Gasteiger partial charge in [-0.3, -0.25) is 4.79 Å². The molecule has 1 amide bonds. The summed E-state index contributed by atoms with van der Waals surface area (Å²) in [7, 11) is 1.65. The molecule has 0 aliphatic rings. The molecule has 0 bridgehead atoms. The number of nitrogens with one attached hydrogen (secondary N) is 2. The van der Waals surface area contributed by atoms with Gasteiger partial charge in [0.25, 0.3) is 5.91 Å². The van der Waals surface area contributed by atoms with E-state index in [2.05, 4.69) is 15.6 Å². The molecule has 22 heavy (non-hydrogen) atoms. The minimum atomic E-state index is -0.228. The second-order valence-corrected chi connectivity index (χ2v) is 4.45. The highest BCUT2D eigenvalue weighted by molar-refractivity contribution is 5.95.